The Hall–Kier alpha value is -1.86. The van der Waals surface area contributed by atoms with Crippen molar-refractivity contribution in [3.63, 3.8) is 0 Å². The van der Waals surface area contributed by atoms with Gasteiger partial charge in [0.25, 0.3) is 20.2 Å². The molecule has 0 heterocycles. The van der Waals surface area contributed by atoms with Crippen LogP contribution in [0.1, 0.15) is 11.1 Å². The zero-order valence-corrected chi connectivity index (χ0v) is 20.3. The van der Waals surface area contributed by atoms with E-state index in [4.69, 9.17) is 22.6 Å². The van der Waals surface area contributed by atoms with Gasteiger partial charge in [0.2, 0.25) is 0 Å². The maximum absolute atomic E-state index is 11.5. The summed E-state index contributed by atoms with van der Waals surface area (Å²) in [6.07, 6.45) is 0.984. The molecule has 0 amide bonds. The maximum Gasteiger partial charge on any atom is 0.264 e. The smallest absolute Gasteiger partial charge is 0.264 e. The third kappa shape index (κ3) is 12.8. The molecule has 0 N–H and O–H groups in total. The summed E-state index contributed by atoms with van der Waals surface area (Å²) in [6, 6.07) is 18.8. The van der Waals surface area contributed by atoms with E-state index in [9.17, 15) is 16.8 Å². The Bertz CT molecular complexity index is 1010. The molecule has 11 heteroatoms. The molecule has 0 saturated carbocycles. The van der Waals surface area contributed by atoms with Crippen LogP contribution in [-0.2, 0) is 56.0 Å². The van der Waals surface area contributed by atoms with Crippen LogP contribution >= 0.6 is 0 Å². The Kier molecular flexibility index (Phi) is 11.4. The first-order valence-electron chi connectivity index (χ1n) is 10.2. The van der Waals surface area contributed by atoms with E-state index in [1.807, 2.05) is 60.7 Å². The van der Waals surface area contributed by atoms with Crippen LogP contribution in [0.25, 0.3) is 0 Å². The highest BCUT2D eigenvalue weighted by Gasteiger charge is 2.27. The molecule has 0 saturated heterocycles. The van der Waals surface area contributed by atoms with Crippen molar-refractivity contribution in [3.8, 4) is 0 Å². The van der Waals surface area contributed by atoms with Crippen LogP contribution in [0.2, 0.25) is 0 Å². The van der Waals surface area contributed by atoms with Gasteiger partial charge in [-0.25, -0.2) is 0 Å². The Morgan fingerprint density at radius 2 is 1.15 bits per heavy atom. The largest absolute Gasteiger partial charge is 0.376 e. The molecule has 2 aromatic carbocycles. The lowest BCUT2D eigenvalue weighted by Crippen LogP contribution is -2.37. The summed E-state index contributed by atoms with van der Waals surface area (Å²) in [5.41, 5.74) is 1.87. The van der Waals surface area contributed by atoms with Crippen LogP contribution in [0.4, 0.5) is 0 Å². The second kappa shape index (κ2) is 13.8. The van der Waals surface area contributed by atoms with E-state index >= 15 is 0 Å². The van der Waals surface area contributed by atoms with Gasteiger partial charge in [-0.3, -0.25) is 8.37 Å². The van der Waals surface area contributed by atoms with Gasteiger partial charge in [0.1, 0.15) is 6.79 Å². The SMILES string of the molecule is CS(=O)(=O)OCC(COCc1ccccc1)C(COS(C)(=O)=O)OCOCc1ccccc1. The molecular formula is C22H30O9S2. The molecule has 2 unspecified atom stereocenters. The fourth-order valence-corrected chi connectivity index (χ4v) is 3.56. The molecule has 9 nitrogen and oxygen atoms in total. The summed E-state index contributed by atoms with van der Waals surface area (Å²) in [5, 5.41) is 0. The second-order valence-electron chi connectivity index (χ2n) is 7.40. The average Bonchev–Trinajstić information content (AvgIpc) is 2.76. The standard InChI is InChI=1S/C22H30O9S2/c1-32(23,24)30-16-21(15-27-13-19-9-5-3-6-10-19)22(17-31-33(2,25)26)29-18-28-14-20-11-7-4-8-12-20/h3-12,21-22H,13-18H2,1-2H3. The summed E-state index contributed by atoms with van der Waals surface area (Å²) < 4.78 is 73.0. The van der Waals surface area contributed by atoms with Crippen molar-refractivity contribution in [2.45, 2.75) is 19.3 Å². The first-order chi connectivity index (χ1) is 15.6. The number of ether oxygens (including phenoxy) is 3. The zero-order valence-electron chi connectivity index (χ0n) is 18.7. The predicted molar refractivity (Wildman–Crippen MR) is 122 cm³/mol. The topological polar surface area (TPSA) is 114 Å². The van der Waals surface area contributed by atoms with Crippen LogP contribution in [0.5, 0.6) is 0 Å². The molecule has 0 aliphatic rings. The number of rotatable bonds is 16. The van der Waals surface area contributed by atoms with Gasteiger partial charge in [0.05, 0.1) is 51.6 Å². The summed E-state index contributed by atoms with van der Waals surface area (Å²) in [7, 11) is -7.49. The van der Waals surface area contributed by atoms with Gasteiger partial charge in [0.15, 0.2) is 0 Å². The fourth-order valence-electron chi connectivity index (χ4n) is 2.76. The lowest BCUT2D eigenvalue weighted by atomic mass is 10.1. The van der Waals surface area contributed by atoms with Gasteiger partial charge < -0.3 is 14.2 Å². The Morgan fingerprint density at radius 1 is 0.667 bits per heavy atom. The molecule has 2 aromatic rings. The molecule has 2 rings (SSSR count). The first-order valence-corrected chi connectivity index (χ1v) is 13.8. The van der Waals surface area contributed by atoms with E-state index < -0.39 is 32.3 Å². The molecule has 33 heavy (non-hydrogen) atoms. The molecular weight excluding hydrogens is 472 g/mol. The lowest BCUT2D eigenvalue weighted by molar-refractivity contribution is -0.135. The van der Waals surface area contributed by atoms with Gasteiger partial charge in [0, 0.05) is 5.92 Å². The van der Waals surface area contributed by atoms with E-state index in [0.29, 0.717) is 0 Å². The maximum atomic E-state index is 11.5. The molecule has 0 radical (unpaired) electrons. The van der Waals surface area contributed by atoms with Gasteiger partial charge in [-0.05, 0) is 11.1 Å². The third-order valence-corrected chi connectivity index (χ3v) is 5.52. The summed E-state index contributed by atoms with van der Waals surface area (Å²) >= 11 is 0. The molecule has 0 bridgehead atoms. The van der Waals surface area contributed by atoms with E-state index in [1.54, 1.807) is 0 Å². The van der Waals surface area contributed by atoms with Crippen molar-refractivity contribution < 1.29 is 39.4 Å². The second-order valence-corrected chi connectivity index (χ2v) is 10.7. The number of hydrogen-bond donors (Lipinski definition) is 0. The minimum atomic E-state index is -3.75. The van der Waals surface area contributed by atoms with E-state index in [1.165, 1.54) is 0 Å². The van der Waals surface area contributed by atoms with Crippen LogP contribution in [-0.4, -0.2) is 62.1 Å². The molecule has 0 aliphatic carbocycles. The highest BCUT2D eigenvalue weighted by atomic mass is 32.2. The minimum absolute atomic E-state index is 0.0425. The van der Waals surface area contributed by atoms with Crippen molar-refractivity contribution >= 4 is 20.2 Å². The molecule has 0 aliphatic heterocycles. The van der Waals surface area contributed by atoms with E-state index in [2.05, 4.69) is 0 Å². The monoisotopic (exact) mass is 502 g/mol. The number of benzene rings is 2. The van der Waals surface area contributed by atoms with Gasteiger partial charge in [-0.2, -0.15) is 16.8 Å². The van der Waals surface area contributed by atoms with Crippen molar-refractivity contribution in [3.05, 3.63) is 71.8 Å². The zero-order chi connectivity index (χ0) is 24.2. The van der Waals surface area contributed by atoms with Gasteiger partial charge >= 0.3 is 0 Å². The average molecular weight is 503 g/mol. The van der Waals surface area contributed by atoms with Crippen molar-refractivity contribution in [1.82, 2.24) is 0 Å². The predicted octanol–water partition coefficient (Wildman–Crippen LogP) is 2.33. The van der Waals surface area contributed by atoms with Gasteiger partial charge in [-0.15, -0.1) is 0 Å². The molecule has 0 aromatic heterocycles. The lowest BCUT2D eigenvalue weighted by Gasteiger charge is -2.26. The Balaban J connectivity index is 2.01. The normalized spacial score (nSPS) is 14.1. The Morgan fingerprint density at radius 3 is 1.67 bits per heavy atom. The van der Waals surface area contributed by atoms with Crippen LogP contribution in [0.15, 0.2) is 60.7 Å². The highest BCUT2D eigenvalue weighted by molar-refractivity contribution is 7.86. The molecule has 184 valence electrons. The molecule has 0 spiro atoms. The molecule has 0 fully saturated rings. The summed E-state index contributed by atoms with van der Waals surface area (Å²) in [6.45, 7) is -0.179. The Labute approximate surface area is 195 Å². The van der Waals surface area contributed by atoms with Crippen molar-refractivity contribution in [2.75, 3.05) is 39.1 Å². The van der Waals surface area contributed by atoms with Gasteiger partial charge in [-0.1, -0.05) is 60.7 Å². The fraction of sp³-hybridized carbons (Fsp3) is 0.455. The van der Waals surface area contributed by atoms with E-state index in [-0.39, 0.29) is 39.8 Å². The van der Waals surface area contributed by atoms with Crippen molar-refractivity contribution in [1.29, 1.82) is 0 Å². The minimum Gasteiger partial charge on any atom is -0.376 e. The number of hydrogen-bond acceptors (Lipinski definition) is 9. The van der Waals surface area contributed by atoms with Crippen LogP contribution in [0, 0.1) is 5.92 Å². The quantitative estimate of drug-likeness (QED) is 0.194. The van der Waals surface area contributed by atoms with Crippen molar-refractivity contribution in [2.24, 2.45) is 5.92 Å². The highest BCUT2D eigenvalue weighted by Crippen LogP contribution is 2.15. The van der Waals surface area contributed by atoms with Crippen LogP contribution < -0.4 is 0 Å². The van der Waals surface area contributed by atoms with E-state index in [0.717, 1.165) is 23.6 Å². The third-order valence-electron chi connectivity index (χ3n) is 4.39. The van der Waals surface area contributed by atoms with Crippen LogP contribution in [0.3, 0.4) is 0 Å². The molecule has 2 atom stereocenters. The first kappa shape index (κ1) is 27.4. The summed E-state index contributed by atoms with van der Waals surface area (Å²) in [4.78, 5) is 0. The summed E-state index contributed by atoms with van der Waals surface area (Å²) in [5.74, 6) is -0.648.